The number of ether oxygens (including phenoxy) is 1. The summed E-state index contributed by atoms with van der Waals surface area (Å²) in [4.78, 5) is 53.9. The van der Waals surface area contributed by atoms with Crippen LogP contribution in [0.3, 0.4) is 0 Å². The number of H-pyrrole nitrogens is 1. The molecule has 1 aliphatic heterocycles. The maximum atomic E-state index is 14.2. The Labute approximate surface area is 203 Å². The maximum absolute atomic E-state index is 14.2. The second-order valence-electron chi connectivity index (χ2n) is 8.10. The zero-order chi connectivity index (χ0) is 26.0. The molecule has 2 aromatic carbocycles. The van der Waals surface area contributed by atoms with Crippen LogP contribution in [0.1, 0.15) is 10.4 Å². The highest BCUT2D eigenvalue weighted by Gasteiger charge is 2.39. The van der Waals surface area contributed by atoms with Crippen molar-refractivity contribution >= 4 is 29.1 Å². The van der Waals surface area contributed by atoms with E-state index >= 15 is 0 Å². The monoisotopic (exact) mass is 499 g/mol. The summed E-state index contributed by atoms with van der Waals surface area (Å²) >= 11 is 0. The normalized spacial score (nSPS) is 16.5. The number of aliphatic hydroxyl groups excluding tert-OH is 1. The average Bonchev–Trinajstić information content (AvgIpc) is 3.30. The molecule has 12 nitrogen and oxygen atoms in total. The van der Waals surface area contributed by atoms with Gasteiger partial charge in [0.2, 0.25) is 0 Å². The summed E-state index contributed by atoms with van der Waals surface area (Å²) < 4.78 is 24.0. The minimum absolute atomic E-state index is 0.000314. The number of aliphatic hydroxyl groups is 1. The van der Waals surface area contributed by atoms with E-state index in [9.17, 15) is 28.7 Å². The average molecular weight is 499 g/mol. The van der Waals surface area contributed by atoms with Crippen molar-refractivity contribution in [3.05, 3.63) is 64.4 Å². The van der Waals surface area contributed by atoms with Crippen molar-refractivity contribution in [2.45, 2.75) is 12.2 Å². The largest absolute Gasteiger partial charge is 0.439 e. The van der Waals surface area contributed by atoms with E-state index in [1.165, 1.54) is 48.2 Å². The van der Waals surface area contributed by atoms with E-state index in [4.69, 9.17) is 4.74 Å². The third-order valence-corrected chi connectivity index (χ3v) is 5.44. The number of aromatic nitrogens is 2. The first-order chi connectivity index (χ1) is 17.2. The summed E-state index contributed by atoms with van der Waals surface area (Å²) in [7, 11) is 2.95. The summed E-state index contributed by atoms with van der Waals surface area (Å²) in [6.45, 7) is 0.0795. The van der Waals surface area contributed by atoms with Crippen LogP contribution in [0.5, 0.6) is 0 Å². The lowest BCUT2D eigenvalue weighted by atomic mass is 10.1. The van der Waals surface area contributed by atoms with Crippen molar-refractivity contribution in [3.63, 3.8) is 0 Å². The molecule has 0 spiro atoms. The summed E-state index contributed by atoms with van der Waals surface area (Å²) in [6.07, 6.45) is -3.37. The van der Waals surface area contributed by atoms with Crippen molar-refractivity contribution < 1.29 is 33.1 Å². The smallest absolute Gasteiger partial charge is 0.380 e. The molecule has 4 rings (SSSR count). The van der Waals surface area contributed by atoms with Crippen LogP contribution in [0.15, 0.2) is 51.8 Å². The Hall–Kier alpha value is -4.36. The predicted molar refractivity (Wildman–Crippen MR) is 124 cm³/mol. The molecule has 36 heavy (non-hydrogen) atoms. The number of halogens is 1. The van der Waals surface area contributed by atoms with Crippen molar-refractivity contribution in [1.29, 1.82) is 0 Å². The minimum atomic E-state index is -1.85. The number of amides is 3. The Balaban J connectivity index is 1.46. The van der Waals surface area contributed by atoms with E-state index in [0.717, 1.165) is 6.07 Å². The molecule has 0 unspecified atom stereocenters. The van der Waals surface area contributed by atoms with E-state index in [-0.39, 0.29) is 30.2 Å². The fraction of sp³-hybridized carbons (Fsp3) is 0.261. The molecule has 0 bridgehead atoms. The molecular formula is C23H22FN5O7. The highest BCUT2D eigenvalue weighted by atomic mass is 19.1. The number of rotatable bonds is 6. The van der Waals surface area contributed by atoms with Crippen molar-refractivity contribution in [1.82, 2.24) is 15.0 Å². The van der Waals surface area contributed by atoms with Crippen LogP contribution in [0.4, 0.5) is 15.8 Å². The fourth-order valence-corrected chi connectivity index (χ4v) is 3.59. The Morgan fingerprint density at radius 1 is 1.22 bits per heavy atom. The standard InChI is InChI=1S/C23H22FN5O7/c1-28(2)21(32)15-11-14(7-8-16(15)24)29-9-10-35-18(22(29)33)17(30)20(31)25-13-5-3-12(4-6-13)19-26-23(34)36-27-19/h3-8,11,17-18,30H,9-10H2,1-2H3,(H,25,31)(H,26,27,34)/t17-,18-/m1/s1. The quantitative estimate of drug-likeness (QED) is 0.445. The van der Waals surface area contributed by atoms with Gasteiger partial charge in [-0.3, -0.25) is 23.9 Å². The molecule has 1 fully saturated rings. The second-order valence-corrected chi connectivity index (χ2v) is 8.10. The first-order valence-corrected chi connectivity index (χ1v) is 10.7. The van der Waals surface area contributed by atoms with Gasteiger partial charge in [-0.05, 0) is 42.5 Å². The predicted octanol–water partition coefficient (Wildman–Crippen LogP) is 0.602. The topological polar surface area (TPSA) is 158 Å². The van der Waals surface area contributed by atoms with Crippen LogP contribution in [-0.4, -0.2) is 77.3 Å². The summed E-state index contributed by atoms with van der Waals surface area (Å²) in [5.41, 5.74) is 0.838. The van der Waals surface area contributed by atoms with E-state index in [2.05, 4.69) is 20.0 Å². The molecule has 1 aliphatic rings. The Morgan fingerprint density at radius 2 is 1.94 bits per heavy atom. The number of benzene rings is 2. The number of hydrogen-bond acceptors (Lipinski definition) is 8. The van der Waals surface area contributed by atoms with Crippen molar-refractivity contribution in [3.8, 4) is 11.4 Å². The van der Waals surface area contributed by atoms with Crippen LogP contribution in [-0.2, 0) is 14.3 Å². The van der Waals surface area contributed by atoms with Gasteiger partial charge in [-0.15, -0.1) is 0 Å². The molecule has 0 aliphatic carbocycles. The lowest BCUT2D eigenvalue weighted by Crippen LogP contribution is -2.55. The molecule has 13 heteroatoms. The number of nitrogens with zero attached hydrogens (tertiary/aromatic N) is 3. The molecule has 1 saturated heterocycles. The number of anilines is 2. The molecular weight excluding hydrogens is 477 g/mol. The zero-order valence-corrected chi connectivity index (χ0v) is 19.2. The number of aromatic amines is 1. The van der Waals surface area contributed by atoms with Gasteiger partial charge in [0.1, 0.15) is 5.82 Å². The number of carbonyl (C=O) groups is 3. The molecule has 0 saturated carbocycles. The lowest BCUT2D eigenvalue weighted by molar-refractivity contribution is -0.150. The van der Waals surface area contributed by atoms with Crippen LogP contribution in [0, 0.1) is 5.82 Å². The number of morpholine rings is 1. The highest BCUT2D eigenvalue weighted by Crippen LogP contribution is 2.24. The van der Waals surface area contributed by atoms with Crippen molar-refractivity contribution in [2.75, 3.05) is 37.5 Å². The van der Waals surface area contributed by atoms with Gasteiger partial charge in [0.25, 0.3) is 17.7 Å². The van der Waals surface area contributed by atoms with E-state index < -0.39 is 41.5 Å². The molecule has 3 amide bonds. The van der Waals surface area contributed by atoms with Gasteiger partial charge in [-0.2, -0.15) is 0 Å². The van der Waals surface area contributed by atoms with Crippen LogP contribution in [0.2, 0.25) is 0 Å². The van der Waals surface area contributed by atoms with Gasteiger partial charge in [0.05, 0.1) is 12.2 Å². The first kappa shape index (κ1) is 24.8. The Morgan fingerprint density at radius 3 is 2.58 bits per heavy atom. The molecule has 2 heterocycles. The minimum Gasteiger partial charge on any atom is -0.380 e. The third-order valence-electron chi connectivity index (χ3n) is 5.44. The fourth-order valence-electron chi connectivity index (χ4n) is 3.59. The molecule has 0 radical (unpaired) electrons. The van der Waals surface area contributed by atoms with E-state index in [0.29, 0.717) is 11.3 Å². The van der Waals surface area contributed by atoms with Crippen LogP contribution < -0.4 is 16.0 Å². The van der Waals surface area contributed by atoms with Gasteiger partial charge in [-0.25, -0.2) is 9.18 Å². The Kier molecular flexibility index (Phi) is 6.94. The summed E-state index contributed by atoms with van der Waals surface area (Å²) in [6, 6.07) is 9.77. The van der Waals surface area contributed by atoms with Crippen molar-refractivity contribution in [2.24, 2.45) is 0 Å². The van der Waals surface area contributed by atoms with Gasteiger partial charge in [0.15, 0.2) is 18.0 Å². The molecule has 3 aromatic rings. The van der Waals surface area contributed by atoms with Gasteiger partial charge >= 0.3 is 5.76 Å². The summed E-state index contributed by atoms with van der Waals surface area (Å²) in [5, 5.41) is 16.6. The molecule has 188 valence electrons. The lowest BCUT2D eigenvalue weighted by Gasteiger charge is -2.34. The van der Waals surface area contributed by atoms with E-state index in [1.807, 2.05) is 0 Å². The SMILES string of the molecule is CN(C)C(=O)c1cc(N2CCO[C@H]([C@@H](O)C(=O)Nc3ccc(-c4noc(=O)[nH]4)cc3)C2=O)ccc1F. The van der Waals surface area contributed by atoms with Gasteiger partial charge < -0.3 is 25.0 Å². The van der Waals surface area contributed by atoms with Crippen LogP contribution in [0.25, 0.3) is 11.4 Å². The zero-order valence-electron chi connectivity index (χ0n) is 19.2. The summed E-state index contributed by atoms with van der Waals surface area (Å²) in [5.74, 6) is -3.43. The highest BCUT2D eigenvalue weighted by molar-refractivity contribution is 6.04. The first-order valence-electron chi connectivity index (χ1n) is 10.7. The second kappa shape index (κ2) is 10.1. The molecule has 3 N–H and O–H groups in total. The van der Waals surface area contributed by atoms with Gasteiger partial charge in [0, 0.05) is 37.6 Å². The number of nitrogens with one attached hydrogen (secondary N) is 2. The van der Waals surface area contributed by atoms with Gasteiger partial charge in [-0.1, -0.05) is 5.16 Å². The maximum Gasteiger partial charge on any atom is 0.439 e. The van der Waals surface area contributed by atoms with E-state index in [1.54, 1.807) is 12.1 Å². The Bertz CT molecular complexity index is 1350. The molecule has 1 aromatic heterocycles. The number of hydrogen-bond donors (Lipinski definition) is 3. The third kappa shape index (κ3) is 5.01. The van der Waals surface area contributed by atoms with Crippen LogP contribution >= 0.6 is 0 Å². The number of carbonyl (C=O) groups excluding carboxylic acids is 3. The molecule has 2 atom stereocenters.